The predicted molar refractivity (Wildman–Crippen MR) is 97.4 cm³/mol. The van der Waals surface area contributed by atoms with Crippen LogP contribution in [0.4, 0.5) is 0 Å². The van der Waals surface area contributed by atoms with Crippen molar-refractivity contribution in [1.29, 1.82) is 0 Å². The van der Waals surface area contributed by atoms with Gasteiger partial charge in [-0.15, -0.1) is 11.6 Å². The Morgan fingerprint density at radius 1 is 1.16 bits per heavy atom. The largest absolute Gasteiger partial charge is 0.381 e. The van der Waals surface area contributed by atoms with Gasteiger partial charge in [-0.3, -0.25) is 9.59 Å². The average molecular weight is 365 g/mol. The third-order valence-corrected chi connectivity index (χ3v) is 8.94. The predicted octanol–water partition coefficient (Wildman–Crippen LogP) is 4.06. The van der Waals surface area contributed by atoms with Crippen LogP contribution in [0, 0.1) is 28.6 Å². The quantitative estimate of drug-likeness (QED) is 0.752. The molecule has 0 bridgehead atoms. The van der Waals surface area contributed by atoms with Crippen molar-refractivity contribution in [3.8, 4) is 0 Å². The van der Waals surface area contributed by atoms with Crippen molar-refractivity contribution in [2.75, 3.05) is 5.88 Å². The van der Waals surface area contributed by atoms with Gasteiger partial charge >= 0.3 is 0 Å². The van der Waals surface area contributed by atoms with Crippen LogP contribution < -0.4 is 0 Å². The fourth-order valence-corrected chi connectivity index (χ4v) is 7.36. The third-order valence-electron chi connectivity index (χ3n) is 8.70. The Morgan fingerprint density at radius 2 is 1.88 bits per heavy atom. The van der Waals surface area contributed by atoms with Crippen LogP contribution in [0.15, 0.2) is 11.6 Å². The number of allylic oxidation sites excluding steroid dienone is 1. The van der Waals surface area contributed by atoms with Crippen LogP contribution in [0.2, 0.25) is 0 Å². The first-order valence-corrected chi connectivity index (χ1v) is 10.4. The van der Waals surface area contributed by atoms with Crippen LogP contribution in [-0.4, -0.2) is 28.2 Å². The molecule has 4 aliphatic rings. The molecule has 0 aliphatic heterocycles. The summed E-state index contributed by atoms with van der Waals surface area (Å²) in [5.41, 5.74) is -0.0969. The Morgan fingerprint density at radius 3 is 2.60 bits per heavy atom. The van der Waals surface area contributed by atoms with E-state index in [0.717, 1.165) is 38.5 Å². The molecule has 0 amide bonds. The third kappa shape index (κ3) is 2.21. The van der Waals surface area contributed by atoms with E-state index in [1.165, 1.54) is 5.57 Å². The first-order chi connectivity index (χ1) is 11.8. The molecule has 0 heterocycles. The number of hydrogen-bond acceptors (Lipinski definition) is 3. The van der Waals surface area contributed by atoms with Crippen molar-refractivity contribution in [2.24, 2.45) is 28.6 Å². The van der Waals surface area contributed by atoms with Gasteiger partial charge in [-0.05, 0) is 74.2 Å². The molecule has 0 aromatic heterocycles. The molecular weight excluding hydrogens is 336 g/mol. The SMILES string of the molecule is C[C@]12CCC(=O)C=C1CC[C@@H]1[C@@H]2CC[C@@]2(C)[C@H]1CC[C@]2(O)C(=O)CCl. The molecule has 0 aromatic carbocycles. The summed E-state index contributed by atoms with van der Waals surface area (Å²) in [7, 11) is 0. The van der Waals surface area contributed by atoms with E-state index in [2.05, 4.69) is 13.8 Å². The lowest BCUT2D eigenvalue weighted by Crippen LogP contribution is -2.57. The van der Waals surface area contributed by atoms with Crippen molar-refractivity contribution in [1.82, 2.24) is 0 Å². The van der Waals surface area contributed by atoms with Gasteiger partial charge < -0.3 is 5.11 Å². The summed E-state index contributed by atoms with van der Waals surface area (Å²) in [6.45, 7) is 4.49. The molecule has 0 radical (unpaired) electrons. The molecule has 25 heavy (non-hydrogen) atoms. The summed E-state index contributed by atoms with van der Waals surface area (Å²) in [5.74, 6) is 1.51. The Kier molecular flexibility index (Phi) is 4.01. The highest BCUT2D eigenvalue weighted by atomic mass is 35.5. The summed E-state index contributed by atoms with van der Waals surface area (Å²) in [6.07, 6.45) is 9.04. The summed E-state index contributed by atoms with van der Waals surface area (Å²) < 4.78 is 0. The molecule has 3 fully saturated rings. The highest BCUT2D eigenvalue weighted by Crippen LogP contribution is 2.67. The molecule has 3 saturated carbocycles. The number of carbonyl (C=O) groups excluding carboxylic acids is 2. The van der Waals surface area contributed by atoms with E-state index in [1.54, 1.807) is 0 Å². The lowest BCUT2D eigenvalue weighted by Gasteiger charge is -2.58. The van der Waals surface area contributed by atoms with Crippen LogP contribution >= 0.6 is 11.6 Å². The number of Topliss-reactive ketones (excluding diaryl/α,β-unsaturated/α-hetero) is 1. The van der Waals surface area contributed by atoms with E-state index < -0.39 is 5.60 Å². The van der Waals surface area contributed by atoms with Gasteiger partial charge in [-0.25, -0.2) is 0 Å². The van der Waals surface area contributed by atoms with Crippen LogP contribution in [0.25, 0.3) is 0 Å². The topological polar surface area (TPSA) is 54.4 Å². The Bertz CT molecular complexity index is 656. The van der Waals surface area contributed by atoms with E-state index in [1.807, 2.05) is 6.08 Å². The molecule has 0 saturated heterocycles. The average Bonchev–Trinajstić information content (AvgIpc) is 2.87. The van der Waals surface area contributed by atoms with Crippen molar-refractivity contribution in [3.05, 3.63) is 11.6 Å². The summed E-state index contributed by atoms with van der Waals surface area (Å²) in [5, 5.41) is 11.2. The lowest BCUT2D eigenvalue weighted by atomic mass is 9.46. The first kappa shape index (κ1) is 17.7. The number of aliphatic hydroxyl groups is 1. The lowest BCUT2D eigenvalue weighted by molar-refractivity contribution is -0.159. The van der Waals surface area contributed by atoms with Gasteiger partial charge in [0.05, 0.1) is 5.88 Å². The minimum Gasteiger partial charge on any atom is -0.381 e. The molecule has 0 aromatic rings. The second-order valence-corrected chi connectivity index (χ2v) is 9.65. The van der Waals surface area contributed by atoms with Gasteiger partial charge in [0.1, 0.15) is 5.60 Å². The Hall–Kier alpha value is -0.670. The number of rotatable bonds is 2. The zero-order chi connectivity index (χ0) is 18.0. The Labute approximate surface area is 155 Å². The number of ketones is 2. The zero-order valence-electron chi connectivity index (χ0n) is 15.3. The van der Waals surface area contributed by atoms with E-state index in [0.29, 0.717) is 30.6 Å². The molecule has 0 spiro atoms. The van der Waals surface area contributed by atoms with Gasteiger partial charge in [-0.1, -0.05) is 19.4 Å². The smallest absolute Gasteiger partial charge is 0.179 e. The van der Waals surface area contributed by atoms with Gasteiger partial charge in [0, 0.05) is 11.8 Å². The van der Waals surface area contributed by atoms with Crippen LogP contribution in [0.1, 0.15) is 65.2 Å². The second-order valence-electron chi connectivity index (χ2n) is 9.38. The molecule has 4 aliphatic carbocycles. The minimum absolute atomic E-state index is 0.0976. The standard InChI is InChI=1S/C21H29ClO3/c1-19-8-5-14(23)11-13(19)3-4-15-16(19)6-9-20(2)17(15)7-10-21(20,25)18(24)12-22/h11,15-17,25H,3-10,12H2,1-2H3/t15-,16+,17+,19+,20+,21+/m1/s1. The fraction of sp³-hybridized carbons (Fsp3) is 0.810. The summed E-state index contributed by atoms with van der Waals surface area (Å²) in [4.78, 5) is 24.3. The van der Waals surface area contributed by atoms with Crippen LogP contribution in [0.5, 0.6) is 0 Å². The van der Waals surface area contributed by atoms with Crippen molar-refractivity contribution in [3.63, 3.8) is 0 Å². The van der Waals surface area contributed by atoms with Gasteiger partial charge in [-0.2, -0.15) is 0 Å². The maximum atomic E-state index is 12.5. The van der Waals surface area contributed by atoms with Crippen molar-refractivity contribution < 1.29 is 14.7 Å². The van der Waals surface area contributed by atoms with Crippen molar-refractivity contribution >= 4 is 23.2 Å². The van der Waals surface area contributed by atoms with Crippen LogP contribution in [0.3, 0.4) is 0 Å². The molecular formula is C21H29ClO3. The fourth-order valence-electron chi connectivity index (χ4n) is 7.14. The molecule has 4 heteroatoms. The van der Waals surface area contributed by atoms with E-state index in [-0.39, 0.29) is 28.3 Å². The second kappa shape index (κ2) is 5.66. The van der Waals surface area contributed by atoms with Gasteiger partial charge in [0.15, 0.2) is 11.6 Å². The summed E-state index contributed by atoms with van der Waals surface area (Å²) >= 11 is 5.83. The van der Waals surface area contributed by atoms with Gasteiger partial charge in [0.2, 0.25) is 0 Å². The normalized spacial score (nSPS) is 49.0. The molecule has 1 N–H and O–H groups in total. The molecule has 3 nitrogen and oxygen atoms in total. The minimum atomic E-state index is -1.25. The molecule has 138 valence electrons. The van der Waals surface area contributed by atoms with E-state index in [9.17, 15) is 14.7 Å². The van der Waals surface area contributed by atoms with Crippen molar-refractivity contribution in [2.45, 2.75) is 70.8 Å². The molecule has 6 atom stereocenters. The summed E-state index contributed by atoms with van der Waals surface area (Å²) in [6, 6.07) is 0. The monoisotopic (exact) mass is 364 g/mol. The van der Waals surface area contributed by atoms with Gasteiger partial charge in [0.25, 0.3) is 0 Å². The number of carbonyl (C=O) groups is 2. The maximum Gasteiger partial charge on any atom is 0.179 e. The number of alkyl halides is 1. The maximum absolute atomic E-state index is 12.5. The number of hydrogen-bond donors (Lipinski definition) is 1. The first-order valence-electron chi connectivity index (χ1n) is 9.82. The zero-order valence-corrected chi connectivity index (χ0v) is 16.1. The van der Waals surface area contributed by atoms with Crippen LogP contribution in [-0.2, 0) is 9.59 Å². The highest BCUT2D eigenvalue weighted by Gasteiger charge is 2.65. The molecule has 4 rings (SSSR count). The van der Waals surface area contributed by atoms with E-state index in [4.69, 9.17) is 11.6 Å². The number of halogens is 1. The Balaban J connectivity index is 1.68. The van der Waals surface area contributed by atoms with E-state index >= 15 is 0 Å². The number of fused-ring (bicyclic) bond motifs is 5. The highest BCUT2D eigenvalue weighted by molar-refractivity contribution is 6.29. The molecule has 0 unspecified atom stereocenters.